The number of carbonyl (C=O) groups is 1. The van der Waals surface area contributed by atoms with Gasteiger partial charge in [0.1, 0.15) is 18.0 Å². The van der Waals surface area contributed by atoms with Crippen molar-refractivity contribution in [2.45, 2.75) is 50.7 Å². The number of hydrogen-bond acceptors (Lipinski definition) is 7. The van der Waals surface area contributed by atoms with E-state index in [4.69, 9.17) is 9.47 Å². The maximum atomic E-state index is 12.7. The lowest BCUT2D eigenvalue weighted by Crippen LogP contribution is -2.50. The van der Waals surface area contributed by atoms with E-state index in [1.165, 1.54) is 0 Å². The Morgan fingerprint density at radius 1 is 1.17 bits per heavy atom. The minimum Gasteiger partial charge on any atom is -0.495 e. The topological polar surface area (TPSA) is 94.5 Å². The molecule has 1 aromatic rings. The number of aliphatic hydroxyl groups is 2. The lowest BCUT2D eigenvalue weighted by molar-refractivity contribution is -0.135. The highest BCUT2D eigenvalue weighted by Gasteiger charge is 2.43. The number of hydrogen-bond donors (Lipinski definition) is 3. The normalized spacial score (nSPS) is 27.5. The second-order valence-corrected chi connectivity index (χ2v) is 8.00. The average Bonchev–Trinajstić information content (AvgIpc) is 3.00. The zero-order chi connectivity index (χ0) is 21.0. The predicted octanol–water partition coefficient (Wildman–Crippen LogP) is 0.221. The molecule has 0 saturated carbocycles. The smallest absolute Gasteiger partial charge is 0.225 e. The Morgan fingerprint density at radius 3 is 2.48 bits per heavy atom. The van der Waals surface area contributed by atoms with Crippen LogP contribution in [0.3, 0.4) is 0 Å². The highest BCUT2D eigenvalue weighted by molar-refractivity contribution is 5.77. The third kappa shape index (κ3) is 5.19. The van der Waals surface area contributed by atoms with Gasteiger partial charge in [-0.15, -0.1) is 0 Å². The van der Waals surface area contributed by atoms with Gasteiger partial charge in [0.2, 0.25) is 5.91 Å². The Hall–Kier alpha value is -1.87. The quantitative estimate of drug-likeness (QED) is 0.595. The lowest BCUT2D eigenvalue weighted by atomic mass is 10.0. The number of piperazine rings is 1. The zero-order valence-corrected chi connectivity index (χ0v) is 17.5. The molecule has 2 aliphatic heterocycles. The van der Waals surface area contributed by atoms with E-state index in [2.05, 4.69) is 10.2 Å². The first kappa shape index (κ1) is 21.8. The molecule has 2 fully saturated rings. The van der Waals surface area contributed by atoms with Crippen LogP contribution >= 0.6 is 0 Å². The fraction of sp³-hybridized carbons (Fsp3) is 0.667. The van der Waals surface area contributed by atoms with Gasteiger partial charge in [-0.1, -0.05) is 26.0 Å². The zero-order valence-electron chi connectivity index (χ0n) is 17.5. The van der Waals surface area contributed by atoms with Gasteiger partial charge in [0, 0.05) is 38.8 Å². The number of carbonyl (C=O) groups excluding carboxylic acids is 1. The molecular weight excluding hydrogens is 374 g/mol. The molecule has 8 nitrogen and oxygen atoms in total. The molecule has 0 radical (unpaired) electrons. The van der Waals surface area contributed by atoms with E-state index < -0.39 is 24.4 Å². The molecule has 29 heavy (non-hydrogen) atoms. The van der Waals surface area contributed by atoms with Crippen LogP contribution in [0.15, 0.2) is 24.3 Å². The van der Waals surface area contributed by atoms with Gasteiger partial charge >= 0.3 is 0 Å². The van der Waals surface area contributed by atoms with Crippen molar-refractivity contribution in [1.29, 1.82) is 0 Å². The number of methoxy groups -OCH3 is 1. The second kappa shape index (κ2) is 9.75. The van der Waals surface area contributed by atoms with Crippen molar-refractivity contribution >= 4 is 11.6 Å². The minimum atomic E-state index is -1.05. The summed E-state index contributed by atoms with van der Waals surface area (Å²) >= 11 is 0. The fourth-order valence-electron chi connectivity index (χ4n) is 3.90. The van der Waals surface area contributed by atoms with E-state index in [9.17, 15) is 15.0 Å². The van der Waals surface area contributed by atoms with E-state index in [0.717, 1.165) is 11.4 Å². The van der Waals surface area contributed by atoms with Crippen LogP contribution in [0.4, 0.5) is 5.69 Å². The molecule has 2 saturated heterocycles. The number of rotatable bonds is 7. The molecule has 3 rings (SSSR count). The highest BCUT2D eigenvalue weighted by Crippen LogP contribution is 2.29. The van der Waals surface area contributed by atoms with Crippen LogP contribution < -0.4 is 15.0 Å². The van der Waals surface area contributed by atoms with Crippen molar-refractivity contribution in [3.63, 3.8) is 0 Å². The molecule has 0 aliphatic carbocycles. The number of ether oxygens (including phenoxy) is 2. The molecule has 162 valence electrons. The monoisotopic (exact) mass is 407 g/mol. The molecule has 1 aromatic carbocycles. The van der Waals surface area contributed by atoms with Crippen molar-refractivity contribution in [3.05, 3.63) is 24.3 Å². The van der Waals surface area contributed by atoms with Crippen LogP contribution in [-0.2, 0) is 9.53 Å². The van der Waals surface area contributed by atoms with Gasteiger partial charge in [0.15, 0.2) is 0 Å². The summed E-state index contributed by atoms with van der Waals surface area (Å²) in [6.45, 7) is 7.07. The summed E-state index contributed by atoms with van der Waals surface area (Å²) in [5, 5.41) is 23.7. The molecule has 0 bridgehead atoms. The summed E-state index contributed by atoms with van der Waals surface area (Å²) in [5.41, 5.74) is 1.03. The van der Waals surface area contributed by atoms with Crippen LogP contribution in [-0.4, -0.2) is 91.3 Å². The molecule has 4 unspecified atom stereocenters. The van der Waals surface area contributed by atoms with E-state index in [-0.39, 0.29) is 18.4 Å². The Morgan fingerprint density at radius 2 is 1.83 bits per heavy atom. The third-order valence-corrected chi connectivity index (χ3v) is 5.62. The summed E-state index contributed by atoms with van der Waals surface area (Å²) in [6, 6.07) is 8.12. The molecule has 2 heterocycles. The summed E-state index contributed by atoms with van der Waals surface area (Å²) in [5.74, 6) is 0.767. The van der Waals surface area contributed by atoms with Gasteiger partial charge in [-0.05, 0) is 12.1 Å². The number of nitrogens with one attached hydrogen (secondary N) is 1. The Balaban J connectivity index is 1.51. The molecule has 1 amide bonds. The van der Waals surface area contributed by atoms with E-state index in [1.807, 2.05) is 38.1 Å². The first-order chi connectivity index (χ1) is 13.9. The van der Waals surface area contributed by atoms with E-state index in [0.29, 0.717) is 32.7 Å². The summed E-state index contributed by atoms with van der Waals surface area (Å²) in [7, 11) is 1.66. The van der Waals surface area contributed by atoms with Gasteiger partial charge in [0.25, 0.3) is 0 Å². The van der Waals surface area contributed by atoms with Crippen LogP contribution in [0.5, 0.6) is 5.75 Å². The van der Waals surface area contributed by atoms with Crippen molar-refractivity contribution in [1.82, 2.24) is 10.2 Å². The van der Waals surface area contributed by atoms with Crippen molar-refractivity contribution in [2.24, 2.45) is 0 Å². The van der Waals surface area contributed by atoms with Gasteiger partial charge in [0.05, 0.1) is 31.4 Å². The molecule has 2 aliphatic rings. The second-order valence-electron chi connectivity index (χ2n) is 8.00. The van der Waals surface area contributed by atoms with Crippen molar-refractivity contribution < 1.29 is 24.5 Å². The number of para-hydroxylation sites is 2. The van der Waals surface area contributed by atoms with Crippen molar-refractivity contribution in [3.8, 4) is 5.75 Å². The molecule has 0 aromatic heterocycles. The maximum Gasteiger partial charge on any atom is 0.225 e. The lowest BCUT2D eigenvalue weighted by Gasteiger charge is -2.37. The molecule has 8 heteroatoms. The Bertz CT molecular complexity index is 678. The number of amides is 1. The average molecular weight is 408 g/mol. The number of anilines is 1. The summed E-state index contributed by atoms with van der Waals surface area (Å²) < 4.78 is 11.2. The maximum absolute atomic E-state index is 12.7. The van der Waals surface area contributed by atoms with Crippen LogP contribution in [0.2, 0.25) is 0 Å². The van der Waals surface area contributed by atoms with Gasteiger partial charge < -0.3 is 34.8 Å². The van der Waals surface area contributed by atoms with Crippen LogP contribution in [0, 0.1) is 0 Å². The number of aliphatic hydroxyl groups excluding tert-OH is 2. The van der Waals surface area contributed by atoms with Crippen molar-refractivity contribution in [2.75, 3.05) is 44.7 Å². The standard InChI is InChI=1S/C21H33N3O5/c1-14(2)22-13-18-21(27)20(26)17(29-18)12-19(25)24-10-8-23(9-11-24)15-6-4-5-7-16(15)28-3/h4-7,14,17-18,20-22,26-27H,8-13H2,1-3H3. The number of benzene rings is 1. The fourth-order valence-corrected chi connectivity index (χ4v) is 3.90. The number of nitrogens with zero attached hydrogens (tertiary/aromatic N) is 2. The first-order valence-corrected chi connectivity index (χ1v) is 10.3. The molecule has 4 atom stereocenters. The SMILES string of the molecule is COc1ccccc1N1CCN(C(=O)CC2OC(CNC(C)C)C(O)C2O)CC1. The highest BCUT2D eigenvalue weighted by atomic mass is 16.5. The molecule has 0 spiro atoms. The van der Waals surface area contributed by atoms with Crippen LogP contribution in [0.25, 0.3) is 0 Å². The third-order valence-electron chi connectivity index (χ3n) is 5.62. The largest absolute Gasteiger partial charge is 0.495 e. The first-order valence-electron chi connectivity index (χ1n) is 10.3. The van der Waals surface area contributed by atoms with Gasteiger partial charge in [-0.2, -0.15) is 0 Å². The van der Waals surface area contributed by atoms with Crippen LogP contribution in [0.1, 0.15) is 20.3 Å². The molecular formula is C21H33N3O5. The summed E-state index contributed by atoms with van der Waals surface area (Å²) in [6.07, 6.45) is -3.14. The van der Waals surface area contributed by atoms with Gasteiger partial charge in [-0.25, -0.2) is 0 Å². The summed E-state index contributed by atoms with van der Waals surface area (Å²) in [4.78, 5) is 16.7. The minimum absolute atomic E-state index is 0.0570. The Kier molecular flexibility index (Phi) is 7.34. The molecule has 3 N–H and O–H groups in total. The van der Waals surface area contributed by atoms with E-state index in [1.54, 1.807) is 12.0 Å². The van der Waals surface area contributed by atoms with E-state index >= 15 is 0 Å². The predicted molar refractivity (Wildman–Crippen MR) is 110 cm³/mol. The van der Waals surface area contributed by atoms with Gasteiger partial charge in [-0.3, -0.25) is 4.79 Å². The Labute approximate surface area is 172 Å².